The maximum atomic E-state index is 12.2. The van der Waals surface area contributed by atoms with Crippen molar-refractivity contribution in [1.29, 1.82) is 0 Å². The zero-order chi connectivity index (χ0) is 17.9. The van der Waals surface area contributed by atoms with Crippen LogP contribution in [0.2, 0.25) is 0 Å². The lowest BCUT2D eigenvalue weighted by molar-refractivity contribution is 0.0950. The number of hydrogen-bond donors (Lipinski definition) is 1. The Labute approximate surface area is 153 Å². The molecule has 1 saturated heterocycles. The van der Waals surface area contributed by atoms with Crippen molar-refractivity contribution >= 4 is 5.91 Å². The van der Waals surface area contributed by atoms with Gasteiger partial charge in [-0.15, -0.1) is 0 Å². The molecule has 1 fully saturated rings. The van der Waals surface area contributed by atoms with Crippen LogP contribution in [0.25, 0.3) is 0 Å². The summed E-state index contributed by atoms with van der Waals surface area (Å²) in [5.74, 6) is 1.01. The quantitative estimate of drug-likeness (QED) is 0.905. The van der Waals surface area contributed by atoms with Crippen molar-refractivity contribution in [2.24, 2.45) is 0 Å². The Morgan fingerprint density at radius 2 is 2.23 bits per heavy atom. The highest BCUT2D eigenvalue weighted by Gasteiger charge is 2.26. The first kappa shape index (κ1) is 17.0. The number of rotatable bonds is 4. The van der Waals surface area contributed by atoms with Gasteiger partial charge in [-0.3, -0.25) is 14.4 Å². The number of hydrogen-bond acceptors (Lipinski definition) is 5. The summed E-state index contributed by atoms with van der Waals surface area (Å²) in [4.78, 5) is 19.1. The molecule has 2 aromatic rings. The van der Waals surface area contributed by atoms with E-state index in [0.717, 1.165) is 63.4 Å². The predicted octanol–water partition coefficient (Wildman–Crippen LogP) is 1.80. The molecule has 2 aromatic heterocycles. The van der Waals surface area contributed by atoms with Gasteiger partial charge in [0.05, 0.1) is 18.5 Å². The fraction of sp³-hybridized carbons (Fsp3) is 0.526. The smallest absolute Gasteiger partial charge is 0.269 e. The summed E-state index contributed by atoms with van der Waals surface area (Å²) in [7, 11) is 1.64. The van der Waals surface area contributed by atoms with Gasteiger partial charge in [-0.2, -0.15) is 5.10 Å². The summed E-state index contributed by atoms with van der Waals surface area (Å²) in [5.41, 5.74) is 2.76. The van der Waals surface area contributed by atoms with Gasteiger partial charge in [0.25, 0.3) is 5.91 Å². The van der Waals surface area contributed by atoms with Gasteiger partial charge in [-0.05, 0) is 37.9 Å². The summed E-state index contributed by atoms with van der Waals surface area (Å²) < 4.78 is 7.10. The van der Waals surface area contributed by atoms with E-state index in [0.29, 0.717) is 17.5 Å². The minimum Gasteiger partial charge on any atom is -0.481 e. The number of amides is 1. The van der Waals surface area contributed by atoms with E-state index in [1.165, 1.54) is 0 Å². The molecule has 1 atom stereocenters. The maximum Gasteiger partial charge on any atom is 0.269 e. The third kappa shape index (κ3) is 3.58. The number of carbonyl (C=O) groups excluding carboxylic acids is 1. The number of fused-ring (bicyclic) bond motifs is 1. The third-order valence-corrected chi connectivity index (χ3v) is 5.16. The minimum absolute atomic E-state index is 0.00510. The van der Waals surface area contributed by atoms with Gasteiger partial charge < -0.3 is 10.1 Å². The molecule has 7 nitrogen and oxygen atoms in total. The summed E-state index contributed by atoms with van der Waals surface area (Å²) in [6.45, 7) is 4.34. The molecule has 0 spiro atoms. The van der Waals surface area contributed by atoms with Gasteiger partial charge in [0.15, 0.2) is 0 Å². The molecule has 2 aliphatic rings. The lowest BCUT2D eigenvalue weighted by Crippen LogP contribution is -2.34. The molecule has 4 heterocycles. The molecule has 26 heavy (non-hydrogen) atoms. The highest BCUT2D eigenvalue weighted by Crippen LogP contribution is 2.28. The van der Waals surface area contributed by atoms with Gasteiger partial charge >= 0.3 is 0 Å². The van der Waals surface area contributed by atoms with Crippen molar-refractivity contribution in [1.82, 2.24) is 25.0 Å². The number of nitrogens with zero attached hydrogens (tertiary/aromatic N) is 4. The highest BCUT2D eigenvalue weighted by molar-refractivity contribution is 5.92. The molecule has 138 valence electrons. The number of nitrogens with one attached hydrogen (secondary N) is 1. The molecule has 1 N–H and O–H groups in total. The van der Waals surface area contributed by atoms with Crippen LogP contribution in [0.3, 0.4) is 0 Å². The SMILES string of the molecule is COc1cccc(CN2CCCC(c3cc4n(n3)CCCNC4=O)C2)n1. The molecular formula is C19H25N5O2. The minimum atomic E-state index is -0.00510. The monoisotopic (exact) mass is 355 g/mol. The fourth-order valence-corrected chi connectivity index (χ4v) is 3.84. The van der Waals surface area contributed by atoms with Crippen LogP contribution in [0.15, 0.2) is 24.3 Å². The van der Waals surface area contributed by atoms with Crippen LogP contribution in [-0.2, 0) is 13.1 Å². The van der Waals surface area contributed by atoms with Gasteiger partial charge in [-0.25, -0.2) is 4.98 Å². The number of aromatic nitrogens is 3. The average molecular weight is 355 g/mol. The lowest BCUT2D eigenvalue weighted by Gasteiger charge is -2.31. The fourth-order valence-electron chi connectivity index (χ4n) is 3.84. The Kier molecular flexibility index (Phi) is 4.88. The van der Waals surface area contributed by atoms with Gasteiger partial charge in [0.1, 0.15) is 5.69 Å². The summed E-state index contributed by atoms with van der Waals surface area (Å²) in [6.07, 6.45) is 3.17. The molecule has 4 rings (SSSR count). The first-order valence-electron chi connectivity index (χ1n) is 9.31. The van der Waals surface area contributed by atoms with Crippen LogP contribution in [0, 0.1) is 0 Å². The Bertz CT molecular complexity index is 788. The topological polar surface area (TPSA) is 72.3 Å². The number of carbonyl (C=O) groups is 1. The normalized spacial score (nSPS) is 21.0. The summed E-state index contributed by atoms with van der Waals surface area (Å²) in [6, 6.07) is 7.87. The van der Waals surface area contributed by atoms with E-state index in [1.807, 2.05) is 28.9 Å². The van der Waals surface area contributed by atoms with Gasteiger partial charge in [0.2, 0.25) is 5.88 Å². The van der Waals surface area contributed by atoms with Crippen molar-refractivity contribution in [2.75, 3.05) is 26.7 Å². The van der Waals surface area contributed by atoms with Crippen molar-refractivity contribution in [2.45, 2.75) is 38.3 Å². The van der Waals surface area contributed by atoms with Crippen LogP contribution in [0.4, 0.5) is 0 Å². The van der Waals surface area contributed by atoms with E-state index in [-0.39, 0.29) is 5.91 Å². The lowest BCUT2D eigenvalue weighted by atomic mass is 9.94. The molecule has 0 radical (unpaired) electrons. The van der Waals surface area contributed by atoms with Crippen molar-refractivity contribution in [3.05, 3.63) is 41.3 Å². The molecule has 0 bridgehead atoms. The number of likely N-dealkylation sites (tertiary alicyclic amines) is 1. The number of methoxy groups -OCH3 is 1. The maximum absolute atomic E-state index is 12.2. The Morgan fingerprint density at radius 3 is 3.12 bits per heavy atom. The second-order valence-electron chi connectivity index (χ2n) is 7.03. The van der Waals surface area contributed by atoms with Gasteiger partial charge in [-0.1, -0.05) is 6.07 Å². The molecule has 0 aromatic carbocycles. The van der Waals surface area contributed by atoms with E-state index in [1.54, 1.807) is 7.11 Å². The van der Waals surface area contributed by atoms with Crippen LogP contribution in [0.5, 0.6) is 5.88 Å². The molecular weight excluding hydrogens is 330 g/mol. The Balaban J connectivity index is 1.47. The molecule has 1 amide bonds. The first-order chi connectivity index (χ1) is 12.7. The Morgan fingerprint density at radius 1 is 1.31 bits per heavy atom. The largest absolute Gasteiger partial charge is 0.481 e. The van der Waals surface area contributed by atoms with Crippen LogP contribution < -0.4 is 10.1 Å². The molecule has 1 unspecified atom stereocenters. The third-order valence-electron chi connectivity index (χ3n) is 5.16. The van der Waals surface area contributed by atoms with E-state index >= 15 is 0 Å². The molecule has 0 aliphatic carbocycles. The summed E-state index contributed by atoms with van der Waals surface area (Å²) in [5, 5.41) is 7.69. The van der Waals surface area contributed by atoms with Crippen molar-refractivity contribution < 1.29 is 9.53 Å². The molecule has 2 aliphatic heterocycles. The first-order valence-corrected chi connectivity index (χ1v) is 9.31. The van der Waals surface area contributed by atoms with Crippen LogP contribution in [-0.4, -0.2) is 52.3 Å². The molecule has 7 heteroatoms. The number of piperidine rings is 1. The zero-order valence-electron chi connectivity index (χ0n) is 15.1. The second kappa shape index (κ2) is 7.45. The Hall–Kier alpha value is -2.41. The second-order valence-corrected chi connectivity index (χ2v) is 7.03. The van der Waals surface area contributed by atoms with Crippen LogP contribution >= 0.6 is 0 Å². The predicted molar refractivity (Wildman–Crippen MR) is 97.2 cm³/mol. The number of pyridine rings is 1. The van der Waals surface area contributed by atoms with E-state index in [2.05, 4.69) is 15.2 Å². The number of ether oxygens (including phenoxy) is 1. The summed E-state index contributed by atoms with van der Waals surface area (Å²) >= 11 is 0. The average Bonchev–Trinajstić information content (AvgIpc) is 3.02. The van der Waals surface area contributed by atoms with E-state index in [4.69, 9.17) is 9.84 Å². The van der Waals surface area contributed by atoms with Crippen molar-refractivity contribution in [3.63, 3.8) is 0 Å². The number of aryl methyl sites for hydroxylation is 1. The van der Waals surface area contributed by atoms with E-state index in [9.17, 15) is 4.79 Å². The van der Waals surface area contributed by atoms with E-state index < -0.39 is 0 Å². The highest BCUT2D eigenvalue weighted by atomic mass is 16.5. The van der Waals surface area contributed by atoms with Crippen LogP contribution in [0.1, 0.15) is 47.1 Å². The zero-order valence-corrected chi connectivity index (χ0v) is 15.1. The standard InChI is InChI=1S/C19H25N5O2/c1-26-18-7-2-6-15(21-18)13-23-9-3-5-14(12-23)16-11-17-19(25)20-8-4-10-24(17)22-16/h2,6-7,11,14H,3-5,8-10,12-13H2,1H3,(H,20,25). The van der Waals surface area contributed by atoms with Crippen molar-refractivity contribution in [3.8, 4) is 5.88 Å². The molecule has 0 saturated carbocycles. The van der Waals surface area contributed by atoms with Gasteiger partial charge in [0, 0.05) is 38.2 Å².